The van der Waals surface area contributed by atoms with Gasteiger partial charge in [0.2, 0.25) is 0 Å². The Morgan fingerprint density at radius 3 is 1.44 bits per heavy atom. The zero-order chi connectivity index (χ0) is 11.2. The van der Waals surface area contributed by atoms with Gasteiger partial charge in [-0.05, 0) is 31.6 Å². The van der Waals surface area contributed by atoms with E-state index in [-0.39, 0.29) is 6.10 Å². The second kappa shape index (κ2) is 3.69. The predicted octanol–water partition coefficient (Wildman–Crippen LogP) is 1.59. The Labute approximate surface area is 97.1 Å². The van der Waals surface area contributed by atoms with Crippen LogP contribution in [0.2, 0.25) is 0 Å². The van der Waals surface area contributed by atoms with E-state index in [0.29, 0.717) is 10.8 Å². The summed E-state index contributed by atoms with van der Waals surface area (Å²) in [5.74, 6) is 0.985. The van der Waals surface area contributed by atoms with E-state index in [1.807, 2.05) is 0 Å². The third-order valence-electron chi connectivity index (χ3n) is 4.53. The molecule has 0 amide bonds. The van der Waals surface area contributed by atoms with Crippen LogP contribution < -0.4 is 0 Å². The lowest BCUT2D eigenvalue weighted by atomic mass is 9.61. The molecule has 2 heterocycles. The van der Waals surface area contributed by atoms with Gasteiger partial charge in [0.05, 0.1) is 32.5 Å². The third kappa shape index (κ3) is 1.79. The van der Waals surface area contributed by atoms with Crippen LogP contribution in [-0.2, 0) is 9.47 Å². The molecule has 2 spiro atoms. The fourth-order valence-electron chi connectivity index (χ4n) is 3.61. The largest absolute Gasteiger partial charge is 0.393 e. The van der Waals surface area contributed by atoms with Gasteiger partial charge in [0.25, 0.3) is 0 Å². The molecule has 0 bridgehead atoms. The second-order valence-corrected chi connectivity index (χ2v) is 6.56. The van der Waals surface area contributed by atoms with Gasteiger partial charge in [0, 0.05) is 10.8 Å². The molecule has 2 aliphatic heterocycles. The SMILES string of the molecule is CC1CC2(COC2)C1.OC1CC2(COC2)C1. The Kier molecular flexibility index (Phi) is 2.54. The first-order valence-electron chi connectivity index (χ1n) is 6.45. The fraction of sp³-hybridized carbons (Fsp3) is 1.00. The molecular formula is C13H22O3. The van der Waals surface area contributed by atoms with E-state index < -0.39 is 0 Å². The van der Waals surface area contributed by atoms with Crippen molar-refractivity contribution >= 4 is 0 Å². The maximum Gasteiger partial charge on any atom is 0.0554 e. The van der Waals surface area contributed by atoms with Gasteiger partial charge in [-0.1, -0.05) is 6.92 Å². The lowest BCUT2D eigenvalue weighted by Gasteiger charge is -2.52. The van der Waals surface area contributed by atoms with Crippen LogP contribution in [0.3, 0.4) is 0 Å². The standard InChI is InChI=1S/C7H12O.C6H10O2/c1-6-2-7(3-6)4-8-5-7;7-5-1-6(2-5)3-8-4-6/h6H,2-5H2,1H3;5,7H,1-4H2. The molecule has 4 rings (SSSR count). The van der Waals surface area contributed by atoms with E-state index in [0.717, 1.165) is 45.2 Å². The smallest absolute Gasteiger partial charge is 0.0554 e. The maximum atomic E-state index is 8.89. The molecule has 4 fully saturated rings. The number of hydrogen-bond acceptors (Lipinski definition) is 3. The van der Waals surface area contributed by atoms with Gasteiger partial charge in [0.15, 0.2) is 0 Å². The predicted molar refractivity (Wildman–Crippen MR) is 60.1 cm³/mol. The first-order valence-corrected chi connectivity index (χ1v) is 6.45. The van der Waals surface area contributed by atoms with Crippen molar-refractivity contribution in [1.82, 2.24) is 0 Å². The van der Waals surface area contributed by atoms with E-state index in [9.17, 15) is 0 Å². The van der Waals surface area contributed by atoms with Gasteiger partial charge < -0.3 is 14.6 Å². The summed E-state index contributed by atoms with van der Waals surface area (Å²) in [5, 5.41) is 8.89. The van der Waals surface area contributed by atoms with Crippen LogP contribution in [0.25, 0.3) is 0 Å². The fourth-order valence-corrected chi connectivity index (χ4v) is 3.61. The Morgan fingerprint density at radius 1 is 0.875 bits per heavy atom. The molecule has 16 heavy (non-hydrogen) atoms. The van der Waals surface area contributed by atoms with Gasteiger partial charge in [-0.3, -0.25) is 0 Å². The van der Waals surface area contributed by atoms with E-state index in [1.54, 1.807) is 0 Å². The molecule has 0 atom stereocenters. The molecule has 3 heteroatoms. The zero-order valence-electron chi connectivity index (χ0n) is 10.1. The Balaban J connectivity index is 0.000000101. The van der Waals surface area contributed by atoms with E-state index in [1.165, 1.54) is 12.8 Å². The molecule has 1 N–H and O–H groups in total. The highest BCUT2D eigenvalue weighted by molar-refractivity contribution is 4.98. The highest BCUT2D eigenvalue weighted by Crippen LogP contribution is 2.50. The van der Waals surface area contributed by atoms with Crippen molar-refractivity contribution in [3.8, 4) is 0 Å². The van der Waals surface area contributed by atoms with Gasteiger partial charge in [0.1, 0.15) is 0 Å². The average molecular weight is 226 g/mol. The normalized spacial score (nSPS) is 37.5. The van der Waals surface area contributed by atoms with Crippen LogP contribution in [0.4, 0.5) is 0 Å². The zero-order valence-corrected chi connectivity index (χ0v) is 10.1. The van der Waals surface area contributed by atoms with Crippen LogP contribution in [0.15, 0.2) is 0 Å². The second-order valence-electron chi connectivity index (χ2n) is 6.56. The first-order chi connectivity index (χ1) is 7.62. The highest BCUT2D eigenvalue weighted by Gasteiger charge is 2.49. The molecule has 0 aromatic carbocycles. The summed E-state index contributed by atoms with van der Waals surface area (Å²) in [5.41, 5.74) is 1.14. The molecule has 0 aromatic rings. The molecule has 2 aliphatic carbocycles. The van der Waals surface area contributed by atoms with Crippen molar-refractivity contribution in [2.75, 3.05) is 26.4 Å². The monoisotopic (exact) mass is 226 g/mol. The maximum absolute atomic E-state index is 8.89. The number of aliphatic hydroxyl groups excluding tert-OH is 1. The summed E-state index contributed by atoms with van der Waals surface area (Å²) in [4.78, 5) is 0. The number of ether oxygens (including phenoxy) is 2. The lowest BCUT2D eigenvalue weighted by Crippen LogP contribution is -2.54. The minimum atomic E-state index is -0.0149. The Bertz CT molecular complexity index is 224. The molecule has 92 valence electrons. The summed E-state index contributed by atoms with van der Waals surface area (Å²) in [6, 6.07) is 0. The molecule has 0 aromatic heterocycles. The van der Waals surface area contributed by atoms with Gasteiger partial charge in [-0.25, -0.2) is 0 Å². The van der Waals surface area contributed by atoms with E-state index >= 15 is 0 Å². The highest BCUT2D eigenvalue weighted by atomic mass is 16.5. The van der Waals surface area contributed by atoms with Crippen molar-refractivity contribution in [3.63, 3.8) is 0 Å². The quantitative estimate of drug-likeness (QED) is 0.681. The van der Waals surface area contributed by atoms with Crippen molar-refractivity contribution in [2.45, 2.75) is 38.7 Å². The minimum absolute atomic E-state index is 0.0149. The summed E-state index contributed by atoms with van der Waals surface area (Å²) < 4.78 is 10.1. The Hall–Kier alpha value is -0.120. The Morgan fingerprint density at radius 2 is 1.31 bits per heavy atom. The molecular weight excluding hydrogens is 204 g/mol. The van der Waals surface area contributed by atoms with E-state index in [4.69, 9.17) is 14.6 Å². The van der Waals surface area contributed by atoms with Crippen molar-refractivity contribution in [3.05, 3.63) is 0 Å². The molecule has 4 aliphatic rings. The summed E-state index contributed by atoms with van der Waals surface area (Å²) in [6.45, 7) is 6.21. The van der Waals surface area contributed by atoms with Gasteiger partial charge in [-0.2, -0.15) is 0 Å². The lowest BCUT2D eigenvalue weighted by molar-refractivity contribution is -0.197. The topological polar surface area (TPSA) is 38.7 Å². The van der Waals surface area contributed by atoms with Crippen LogP contribution in [-0.4, -0.2) is 37.6 Å². The van der Waals surface area contributed by atoms with Gasteiger partial charge in [-0.15, -0.1) is 0 Å². The molecule has 2 saturated carbocycles. The van der Waals surface area contributed by atoms with Crippen molar-refractivity contribution in [2.24, 2.45) is 16.7 Å². The van der Waals surface area contributed by atoms with Crippen LogP contribution in [0.1, 0.15) is 32.6 Å². The van der Waals surface area contributed by atoms with E-state index in [2.05, 4.69) is 6.92 Å². The minimum Gasteiger partial charge on any atom is -0.393 e. The average Bonchev–Trinajstić information content (AvgIpc) is 2.02. The third-order valence-corrected chi connectivity index (χ3v) is 4.53. The van der Waals surface area contributed by atoms with Crippen LogP contribution >= 0.6 is 0 Å². The molecule has 2 saturated heterocycles. The first kappa shape index (κ1) is 11.0. The number of rotatable bonds is 0. The summed E-state index contributed by atoms with van der Waals surface area (Å²) >= 11 is 0. The van der Waals surface area contributed by atoms with Crippen molar-refractivity contribution < 1.29 is 14.6 Å². The summed E-state index contributed by atoms with van der Waals surface area (Å²) in [6.07, 6.45) is 4.79. The molecule has 3 nitrogen and oxygen atoms in total. The molecule has 0 unspecified atom stereocenters. The van der Waals surface area contributed by atoms with Gasteiger partial charge >= 0.3 is 0 Å². The van der Waals surface area contributed by atoms with Crippen LogP contribution in [0.5, 0.6) is 0 Å². The summed E-state index contributed by atoms with van der Waals surface area (Å²) in [7, 11) is 0. The van der Waals surface area contributed by atoms with Crippen LogP contribution in [0, 0.1) is 16.7 Å². The number of aliphatic hydroxyl groups is 1. The molecule has 0 radical (unpaired) electrons. The number of hydrogen-bond donors (Lipinski definition) is 1. The van der Waals surface area contributed by atoms with Crippen molar-refractivity contribution in [1.29, 1.82) is 0 Å².